The van der Waals surface area contributed by atoms with Gasteiger partial charge in [-0.3, -0.25) is 9.89 Å². The van der Waals surface area contributed by atoms with Crippen LogP contribution in [-0.4, -0.2) is 21.1 Å². The molecule has 0 aliphatic heterocycles. The number of amides is 1. The zero-order chi connectivity index (χ0) is 12.3. The smallest absolute Gasteiger partial charge is 0.261 e. The van der Waals surface area contributed by atoms with Gasteiger partial charge < -0.3 is 5.32 Å². The highest BCUT2D eigenvalue weighted by atomic mass is 32.1. The SMILES string of the molecule is CCc1cc(C(=O)NCc2ncn[nH]2)sc1C. The molecule has 0 atom stereocenters. The van der Waals surface area contributed by atoms with Crippen molar-refractivity contribution < 1.29 is 4.79 Å². The third-order valence-corrected chi connectivity index (χ3v) is 3.60. The third kappa shape index (κ3) is 2.71. The fourth-order valence-corrected chi connectivity index (χ4v) is 2.58. The molecule has 0 saturated carbocycles. The molecule has 0 aliphatic rings. The molecule has 0 aliphatic carbocycles. The average Bonchev–Trinajstić information content (AvgIpc) is 2.94. The van der Waals surface area contributed by atoms with Gasteiger partial charge in [-0.2, -0.15) is 5.10 Å². The van der Waals surface area contributed by atoms with Crippen LogP contribution >= 0.6 is 11.3 Å². The van der Waals surface area contributed by atoms with Gasteiger partial charge in [-0.1, -0.05) is 6.92 Å². The van der Waals surface area contributed by atoms with Gasteiger partial charge in [-0.05, 0) is 25.0 Å². The van der Waals surface area contributed by atoms with Gasteiger partial charge in [0.25, 0.3) is 5.91 Å². The Morgan fingerprint density at radius 3 is 3.00 bits per heavy atom. The molecule has 0 saturated heterocycles. The van der Waals surface area contributed by atoms with Crippen molar-refractivity contribution in [1.29, 1.82) is 0 Å². The summed E-state index contributed by atoms with van der Waals surface area (Å²) in [5.41, 5.74) is 1.24. The summed E-state index contributed by atoms with van der Waals surface area (Å²) in [6.07, 6.45) is 2.38. The van der Waals surface area contributed by atoms with E-state index in [1.165, 1.54) is 28.1 Å². The van der Waals surface area contributed by atoms with Crippen molar-refractivity contribution in [2.75, 3.05) is 0 Å². The molecule has 5 nitrogen and oxygen atoms in total. The zero-order valence-corrected chi connectivity index (χ0v) is 10.6. The number of aryl methyl sites for hydroxylation is 2. The zero-order valence-electron chi connectivity index (χ0n) is 9.78. The molecular weight excluding hydrogens is 236 g/mol. The molecule has 6 heteroatoms. The average molecular weight is 250 g/mol. The first-order chi connectivity index (χ1) is 8.20. The van der Waals surface area contributed by atoms with Crippen LogP contribution in [0.25, 0.3) is 0 Å². The molecule has 2 N–H and O–H groups in total. The molecule has 0 bridgehead atoms. The van der Waals surface area contributed by atoms with E-state index in [2.05, 4.69) is 27.4 Å². The van der Waals surface area contributed by atoms with Gasteiger partial charge in [0.15, 0.2) is 0 Å². The molecule has 2 aromatic heterocycles. The van der Waals surface area contributed by atoms with Crippen LogP contribution in [0.2, 0.25) is 0 Å². The summed E-state index contributed by atoms with van der Waals surface area (Å²) in [7, 11) is 0. The minimum atomic E-state index is -0.0609. The first-order valence-corrected chi connectivity index (χ1v) is 6.24. The van der Waals surface area contributed by atoms with Crippen molar-refractivity contribution in [2.24, 2.45) is 0 Å². The van der Waals surface area contributed by atoms with Crippen LogP contribution < -0.4 is 5.32 Å². The Balaban J connectivity index is 1.99. The second-order valence-corrected chi connectivity index (χ2v) is 4.92. The van der Waals surface area contributed by atoms with E-state index in [1.807, 2.05) is 13.0 Å². The van der Waals surface area contributed by atoms with Gasteiger partial charge in [0.2, 0.25) is 0 Å². The second kappa shape index (κ2) is 5.09. The normalized spacial score (nSPS) is 10.5. The quantitative estimate of drug-likeness (QED) is 0.867. The third-order valence-electron chi connectivity index (χ3n) is 2.51. The Kier molecular flexibility index (Phi) is 3.53. The minimum Gasteiger partial charge on any atom is -0.344 e. The maximum Gasteiger partial charge on any atom is 0.261 e. The number of carbonyl (C=O) groups excluding carboxylic acids is 1. The van der Waals surface area contributed by atoms with E-state index in [0.29, 0.717) is 12.4 Å². The number of hydrogen-bond donors (Lipinski definition) is 2. The van der Waals surface area contributed by atoms with E-state index in [1.54, 1.807) is 0 Å². The van der Waals surface area contributed by atoms with Gasteiger partial charge in [0.1, 0.15) is 12.2 Å². The Morgan fingerprint density at radius 2 is 2.41 bits per heavy atom. The van der Waals surface area contributed by atoms with Crippen molar-refractivity contribution >= 4 is 17.2 Å². The van der Waals surface area contributed by atoms with Gasteiger partial charge in [0.05, 0.1) is 11.4 Å². The summed E-state index contributed by atoms with van der Waals surface area (Å²) in [5, 5.41) is 9.22. The number of aromatic amines is 1. The Bertz CT molecular complexity index is 504. The lowest BCUT2D eigenvalue weighted by molar-refractivity contribution is 0.0954. The summed E-state index contributed by atoms with van der Waals surface area (Å²) in [6.45, 7) is 4.50. The van der Waals surface area contributed by atoms with Gasteiger partial charge in [-0.15, -0.1) is 11.3 Å². The van der Waals surface area contributed by atoms with Crippen molar-refractivity contribution in [1.82, 2.24) is 20.5 Å². The standard InChI is InChI=1S/C11H14N4OS/c1-3-8-4-9(17-7(8)2)11(16)12-5-10-13-6-14-15-10/h4,6H,3,5H2,1-2H3,(H,12,16)(H,13,14,15). The fourth-order valence-electron chi connectivity index (χ4n) is 1.55. The van der Waals surface area contributed by atoms with Crippen LogP contribution in [0, 0.1) is 6.92 Å². The van der Waals surface area contributed by atoms with Crippen molar-refractivity contribution in [3.05, 3.63) is 33.5 Å². The van der Waals surface area contributed by atoms with Crippen LogP contribution in [0.15, 0.2) is 12.4 Å². The number of hydrogen-bond acceptors (Lipinski definition) is 4. The number of H-pyrrole nitrogens is 1. The lowest BCUT2D eigenvalue weighted by Gasteiger charge is -1.99. The summed E-state index contributed by atoms with van der Waals surface area (Å²) in [4.78, 5) is 17.8. The van der Waals surface area contributed by atoms with Gasteiger partial charge in [-0.25, -0.2) is 4.98 Å². The molecule has 0 fully saturated rings. The van der Waals surface area contributed by atoms with E-state index in [0.717, 1.165) is 11.3 Å². The highest BCUT2D eigenvalue weighted by molar-refractivity contribution is 7.14. The van der Waals surface area contributed by atoms with Crippen LogP contribution in [0.3, 0.4) is 0 Å². The van der Waals surface area contributed by atoms with Crippen LogP contribution in [0.5, 0.6) is 0 Å². The molecule has 90 valence electrons. The molecule has 0 radical (unpaired) electrons. The number of nitrogens with one attached hydrogen (secondary N) is 2. The number of nitrogens with zero attached hydrogens (tertiary/aromatic N) is 2. The predicted octanol–water partition coefficient (Wildman–Crippen LogP) is 1.67. The topological polar surface area (TPSA) is 70.7 Å². The largest absolute Gasteiger partial charge is 0.344 e. The summed E-state index contributed by atoms with van der Waals surface area (Å²) < 4.78 is 0. The molecule has 1 amide bonds. The van der Waals surface area contributed by atoms with Crippen LogP contribution in [-0.2, 0) is 13.0 Å². The number of rotatable bonds is 4. The summed E-state index contributed by atoms with van der Waals surface area (Å²) >= 11 is 1.53. The minimum absolute atomic E-state index is 0.0609. The molecular formula is C11H14N4OS. The molecule has 2 rings (SSSR count). The van der Waals surface area contributed by atoms with Gasteiger partial charge >= 0.3 is 0 Å². The van der Waals surface area contributed by atoms with Crippen molar-refractivity contribution in [3.8, 4) is 0 Å². The lowest BCUT2D eigenvalue weighted by Crippen LogP contribution is -2.22. The summed E-state index contributed by atoms with van der Waals surface area (Å²) in [6, 6.07) is 1.95. The Morgan fingerprint density at radius 1 is 1.59 bits per heavy atom. The molecule has 0 spiro atoms. The van der Waals surface area contributed by atoms with E-state index >= 15 is 0 Å². The molecule has 17 heavy (non-hydrogen) atoms. The maximum atomic E-state index is 11.9. The van der Waals surface area contributed by atoms with Crippen molar-refractivity contribution in [3.63, 3.8) is 0 Å². The number of carbonyl (C=O) groups is 1. The molecule has 2 aromatic rings. The monoisotopic (exact) mass is 250 g/mol. The van der Waals surface area contributed by atoms with Gasteiger partial charge in [0, 0.05) is 4.88 Å². The second-order valence-electron chi connectivity index (χ2n) is 3.66. The predicted molar refractivity (Wildman–Crippen MR) is 66.0 cm³/mol. The fraction of sp³-hybridized carbons (Fsp3) is 0.364. The lowest BCUT2D eigenvalue weighted by atomic mass is 10.2. The molecule has 0 unspecified atom stereocenters. The highest BCUT2D eigenvalue weighted by Crippen LogP contribution is 2.21. The maximum absolute atomic E-state index is 11.9. The number of thiophene rings is 1. The first kappa shape index (κ1) is 11.8. The first-order valence-electron chi connectivity index (χ1n) is 5.42. The van der Waals surface area contributed by atoms with E-state index in [4.69, 9.17) is 0 Å². The van der Waals surface area contributed by atoms with Crippen LogP contribution in [0.1, 0.15) is 32.9 Å². The Hall–Kier alpha value is -1.69. The molecule has 0 aromatic carbocycles. The van der Waals surface area contributed by atoms with E-state index in [9.17, 15) is 4.79 Å². The van der Waals surface area contributed by atoms with E-state index in [-0.39, 0.29) is 5.91 Å². The van der Waals surface area contributed by atoms with Crippen LogP contribution in [0.4, 0.5) is 0 Å². The Labute approximate surface area is 103 Å². The van der Waals surface area contributed by atoms with E-state index < -0.39 is 0 Å². The highest BCUT2D eigenvalue weighted by Gasteiger charge is 2.11. The van der Waals surface area contributed by atoms with Crippen molar-refractivity contribution in [2.45, 2.75) is 26.8 Å². The number of aromatic nitrogens is 3. The summed E-state index contributed by atoms with van der Waals surface area (Å²) in [5.74, 6) is 0.594. The molecule has 2 heterocycles.